The van der Waals surface area contributed by atoms with Gasteiger partial charge in [0.2, 0.25) is 0 Å². The first-order valence-electron chi connectivity index (χ1n) is 7.32. The van der Waals surface area contributed by atoms with E-state index in [1.165, 1.54) is 6.08 Å². The van der Waals surface area contributed by atoms with Crippen molar-refractivity contribution in [1.29, 1.82) is 0 Å². The van der Waals surface area contributed by atoms with Gasteiger partial charge in [-0.3, -0.25) is 9.59 Å². The number of carbonyl (C=O) groups is 2. The molecule has 0 saturated heterocycles. The van der Waals surface area contributed by atoms with Crippen molar-refractivity contribution in [3.05, 3.63) is 87.9 Å². The van der Waals surface area contributed by atoms with Crippen molar-refractivity contribution in [2.75, 3.05) is 0 Å². The van der Waals surface area contributed by atoms with Crippen LogP contribution in [0.15, 0.2) is 71.2 Å². The Morgan fingerprint density at radius 1 is 1.04 bits per heavy atom. The maximum Gasteiger partial charge on any atom is 0.185 e. The zero-order valence-electron chi connectivity index (χ0n) is 12.6. The minimum Gasteiger partial charge on any atom is -0.292 e. The second-order valence-electron chi connectivity index (χ2n) is 5.67. The molecule has 2 aromatic carbocycles. The van der Waals surface area contributed by atoms with Gasteiger partial charge in [-0.05, 0) is 46.1 Å². The molecule has 3 heteroatoms. The molecule has 2 aromatic rings. The van der Waals surface area contributed by atoms with Crippen LogP contribution in [0.4, 0.5) is 0 Å². The summed E-state index contributed by atoms with van der Waals surface area (Å²) in [6.07, 6.45) is 5.03. The number of benzene rings is 2. The van der Waals surface area contributed by atoms with Crippen LogP contribution in [0, 0.1) is 0 Å². The van der Waals surface area contributed by atoms with Gasteiger partial charge in [-0.2, -0.15) is 0 Å². The van der Waals surface area contributed by atoms with E-state index >= 15 is 0 Å². The average molecular weight is 367 g/mol. The van der Waals surface area contributed by atoms with E-state index < -0.39 is 5.41 Å². The van der Waals surface area contributed by atoms with Gasteiger partial charge in [-0.25, -0.2) is 0 Å². The van der Waals surface area contributed by atoms with Gasteiger partial charge < -0.3 is 0 Å². The standard InChI is InChI=1S/C20H15BrO2/c1-20(12-11-18(22)14-7-3-2-4-8-14)16-10-6-5-9-15(16)13-17(21)19(20)23/h2-13H,1H3/b12-11-/t20-/m1/s1. The van der Waals surface area contributed by atoms with E-state index in [9.17, 15) is 9.59 Å². The van der Waals surface area contributed by atoms with Gasteiger partial charge >= 0.3 is 0 Å². The molecule has 0 aliphatic heterocycles. The van der Waals surface area contributed by atoms with E-state index in [-0.39, 0.29) is 11.6 Å². The number of hydrogen-bond donors (Lipinski definition) is 0. The summed E-state index contributed by atoms with van der Waals surface area (Å²) in [7, 11) is 0. The third-order valence-electron chi connectivity index (χ3n) is 4.12. The quantitative estimate of drug-likeness (QED) is 0.582. The minimum atomic E-state index is -0.853. The topological polar surface area (TPSA) is 34.1 Å². The summed E-state index contributed by atoms with van der Waals surface area (Å²) in [6.45, 7) is 1.84. The van der Waals surface area contributed by atoms with Crippen molar-refractivity contribution < 1.29 is 9.59 Å². The van der Waals surface area contributed by atoms with Crippen LogP contribution in [0.25, 0.3) is 6.08 Å². The SMILES string of the molecule is C[C@]1(/C=C\C(=O)c2ccccc2)C(=O)C(Br)=Cc2ccccc21. The minimum absolute atomic E-state index is 0.0479. The lowest BCUT2D eigenvalue weighted by atomic mass is 9.73. The van der Waals surface area contributed by atoms with Gasteiger partial charge in [0, 0.05) is 5.56 Å². The second-order valence-corrected chi connectivity index (χ2v) is 6.53. The zero-order chi connectivity index (χ0) is 16.4. The van der Waals surface area contributed by atoms with E-state index in [0.717, 1.165) is 11.1 Å². The Balaban J connectivity index is 2.01. The number of fused-ring (bicyclic) bond motifs is 1. The predicted molar refractivity (Wildman–Crippen MR) is 95.6 cm³/mol. The highest BCUT2D eigenvalue weighted by Crippen LogP contribution is 2.39. The Morgan fingerprint density at radius 3 is 2.43 bits per heavy atom. The van der Waals surface area contributed by atoms with Crippen LogP contribution in [0.2, 0.25) is 0 Å². The van der Waals surface area contributed by atoms with Gasteiger partial charge in [0.15, 0.2) is 11.6 Å². The second kappa shape index (κ2) is 6.09. The molecule has 0 radical (unpaired) electrons. The summed E-state index contributed by atoms with van der Waals surface area (Å²) in [5, 5.41) is 0. The third kappa shape index (κ3) is 2.84. The molecule has 23 heavy (non-hydrogen) atoms. The highest BCUT2D eigenvalue weighted by Gasteiger charge is 2.38. The van der Waals surface area contributed by atoms with Crippen LogP contribution in [-0.2, 0) is 10.2 Å². The lowest BCUT2D eigenvalue weighted by Gasteiger charge is -2.30. The van der Waals surface area contributed by atoms with E-state index in [4.69, 9.17) is 0 Å². The summed E-state index contributed by atoms with van der Waals surface area (Å²) in [4.78, 5) is 25.0. The molecule has 1 atom stereocenters. The average Bonchev–Trinajstić information content (AvgIpc) is 2.59. The van der Waals surface area contributed by atoms with E-state index in [0.29, 0.717) is 10.0 Å². The molecule has 0 amide bonds. The molecule has 0 aromatic heterocycles. The first kappa shape index (κ1) is 15.6. The van der Waals surface area contributed by atoms with Gasteiger partial charge in [0.05, 0.1) is 9.90 Å². The number of allylic oxidation sites excluding steroid dienone is 3. The van der Waals surface area contributed by atoms with Crippen molar-refractivity contribution >= 4 is 33.6 Å². The number of halogens is 1. The number of rotatable bonds is 3. The molecule has 2 nitrogen and oxygen atoms in total. The van der Waals surface area contributed by atoms with Crippen LogP contribution in [0.3, 0.4) is 0 Å². The third-order valence-corrected chi connectivity index (χ3v) is 4.71. The highest BCUT2D eigenvalue weighted by atomic mass is 79.9. The van der Waals surface area contributed by atoms with Gasteiger partial charge in [0.25, 0.3) is 0 Å². The Kier molecular flexibility index (Phi) is 4.14. The summed E-state index contributed by atoms with van der Waals surface area (Å²) in [5.41, 5.74) is 1.65. The van der Waals surface area contributed by atoms with Crippen molar-refractivity contribution in [2.45, 2.75) is 12.3 Å². The number of Topliss-reactive ketones (excluding diaryl/α,β-unsaturated/α-hetero) is 1. The van der Waals surface area contributed by atoms with Crippen LogP contribution in [0.1, 0.15) is 28.4 Å². The molecule has 0 heterocycles. The van der Waals surface area contributed by atoms with Crippen LogP contribution in [-0.4, -0.2) is 11.6 Å². The lowest BCUT2D eigenvalue weighted by Crippen LogP contribution is -2.34. The van der Waals surface area contributed by atoms with Gasteiger partial charge in [0.1, 0.15) is 0 Å². The highest BCUT2D eigenvalue weighted by molar-refractivity contribution is 9.12. The summed E-state index contributed by atoms with van der Waals surface area (Å²) in [6, 6.07) is 16.8. The Hall–Kier alpha value is -2.26. The number of carbonyl (C=O) groups excluding carboxylic acids is 2. The van der Waals surface area contributed by atoms with E-state index in [1.54, 1.807) is 18.2 Å². The maximum absolute atomic E-state index is 12.7. The first-order valence-corrected chi connectivity index (χ1v) is 8.12. The fourth-order valence-corrected chi connectivity index (χ4v) is 3.43. The maximum atomic E-state index is 12.7. The molecule has 0 bridgehead atoms. The van der Waals surface area contributed by atoms with Gasteiger partial charge in [-0.15, -0.1) is 0 Å². The van der Waals surface area contributed by atoms with Crippen LogP contribution >= 0.6 is 15.9 Å². The molecule has 0 saturated carbocycles. The van der Waals surface area contributed by atoms with E-state index in [1.807, 2.05) is 55.5 Å². The lowest BCUT2D eigenvalue weighted by molar-refractivity contribution is -0.118. The smallest absolute Gasteiger partial charge is 0.185 e. The van der Waals surface area contributed by atoms with E-state index in [2.05, 4.69) is 15.9 Å². The molecule has 0 spiro atoms. The van der Waals surface area contributed by atoms with Crippen molar-refractivity contribution in [3.63, 3.8) is 0 Å². The molecule has 114 valence electrons. The van der Waals surface area contributed by atoms with Gasteiger partial charge in [-0.1, -0.05) is 60.7 Å². The first-order chi connectivity index (χ1) is 11.0. The molecular formula is C20H15BrO2. The van der Waals surface area contributed by atoms with Crippen molar-refractivity contribution in [3.8, 4) is 0 Å². The normalized spacial score (nSPS) is 20.3. The van der Waals surface area contributed by atoms with Crippen molar-refractivity contribution in [2.24, 2.45) is 0 Å². The number of ketones is 2. The fourth-order valence-electron chi connectivity index (χ4n) is 2.77. The molecule has 0 unspecified atom stereocenters. The largest absolute Gasteiger partial charge is 0.292 e. The van der Waals surface area contributed by atoms with Crippen LogP contribution < -0.4 is 0 Å². The fraction of sp³-hybridized carbons (Fsp3) is 0.100. The zero-order valence-corrected chi connectivity index (χ0v) is 14.2. The number of hydrogen-bond acceptors (Lipinski definition) is 2. The Bertz CT molecular complexity index is 834. The Morgan fingerprint density at radius 2 is 1.70 bits per heavy atom. The monoisotopic (exact) mass is 366 g/mol. The molecule has 0 fully saturated rings. The molecule has 1 aliphatic rings. The van der Waals surface area contributed by atoms with Crippen molar-refractivity contribution in [1.82, 2.24) is 0 Å². The molecule has 0 N–H and O–H groups in total. The Labute approximate surface area is 143 Å². The summed E-state index contributed by atoms with van der Waals surface area (Å²) < 4.78 is 0.524. The summed E-state index contributed by atoms with van der Waals surface area (Å²) >= 11 is 3.34. The predicted octanol–water partition coefficient (Wildman–Crippen LogP) is 4.70. The molecular weight excluding hydrogens is 352 g/mol. The van der Waals surface area contributed by atoms with Crippen LogP contribution in [0.5, 0.6) is 0 Å². The molecule has 3 rings (SSSR count). The summed E-state index contributed by atoms with van der Waals surface area (Å²) in [5.74, 6) is -0.156. The molecule has 1 aliphatic carbocycles.